The Kier molecular flexibility index (Phi) is 4.47. The van der Waals surface area contributed by atoms with E-state index in [0.717, 1.165) is 22.2 Å². The number of hydrogen-bond acceptors (Lipinski definition) is 3. The summed E-state index contributed by atoms with van der Waals surface area (Å²) in [6, 6.07) is 11.5. The molecule has 3 amide bonds. The lowest BCUT2D eigenvalue weighted by Gasteiger charge is -2.28. The van der Waals surface area contributed by atoms with Crippen molar-refractivity contribution in [2.75, 3.05) is 11.9 Å². The number of amides is 3. The van der Waals surface area contributed by atoms with Gasteiger partial charge in [0.1, 0.15) is 6.04 Å². The number of anilines is 1. The van der Waals surface area contributed by atoms with Gasteiger partial charge in [-0.05, 0) is 30.3 Å². The summed E-state index contributed by atoms with van der Waals surface area (Å²) in [4.78, 5) is 43.2. The summed E-state index contributed by atoms with van der Waals surface area (Å²) < 4.78 is 0. The van der Waals surface area contributed by atoms with Crippen LogP contribution in [0, 0.1) is 0 Å². The van der Waals surface area contributed by atoms with E-state index in [1.54, 1.807) is 29.2 Å². The molecule has 5 rings (SSSR count). The summed E-state index contributed by atoms with van der Waals surface area (Å²) in [6.07, 6.45) is 0.603. The van der Waals surface area contributed by atoms with Crippen molar-refractivity contribution in [3.8, 4) is 0 Å². The molecule has 7 nitrogen and oxygen atoms in total. The van der Waals surface area contributed by atoms with Crippen LogP contribution in [-0.4, -0.2) is 40.2 Å². The molecule has 0 spiro atoms. The van der Waals surface area contributed by atoms with Gasteiger partial charge in [0, 0.05) is 46.7 Å². The predicted molar refractivity (Wildman–Crippen MR) is 113 cm³/mol. The Hall–Kier alpha value is -3.32. The predicted octanol–water partition coefficient (Wildman–Crippen LogP) is 2.85. The van der Waals surface area contributed by atoms with Gasteiger partial charge >= 0.3 is 0 Å². The van der Waals surface area contributed by atoms with Gasteiger partial charge in [-0.1, -0.05) is 23.7 Å². The summed E-state index contributed by atoms with van der Waals surface area (Å²) in [6.45, 7) is 0.992. The number of aromatic amines is 1. The van der Waals surface area contributed by atoms with Crippen LogP contribution in [0.4, 0.5) is 5.69 Å². The fourth-order valence-corrected chi connectivity index (χ4v) is 4.33. The van der Waals surface area contributed by atoms with Gasteiger partial charge in [-0.25, -0.2) is 0 Å². The molecule has 0 bridgehead atoms. The second-order valence-electron chi connectivity index (χ2n) is 7.60. The highest BCUT2D eigenvalue weighted by atomic mass is 35.5. The summed E-state index contributed by atoms with van der Waals surface area (Å²) in [5.74, 6) is -0.935. The SMILES string of the molecule is O=C1NC(CC(=O)N2CCc3[nH]c4ccc(Cl)cc4c3C2)C(=O)Nc2ccccc21. The second-order valence-corrected chi connectivity index (χ2v) is 8.04. The third-order valence-electron chi connectivity index (χ3n) is 5.72. The van der Waals surface area contributed by atoms with Crippen LogP contribution in [0.5, 0.6) is 0 Å². The van der Waals surface area contributed by atoms with Crippen LogP contribution < -0.4 is 10.6 Å². The fraction of sp³-hybridized carbons (Fsp3) is 0.227. The maximum Gasteiger partial charge on any atom is 0.254 e. The fourth-order valence-electron chi connectivity index (χ4n) is 4.16. The highest BCUT2D eigenvalue weighted by molar-refractivity contribution is 6.31. The van der Waals surface area contributed by atoms with Crippen LogP contribution >= 0.6 is 11.6 Å². The third kappa shape index (κ3) is 3.21. The Morgan fingerprint density at radius 1 is 1.17 bits per heavy atom. The lowest BCUT2D eigenvalue weighted by Crippen LogP contribution is -2.46. The van der Waals surface area contributed by atoms with Crippen molar-refractivity contribution in [1.82, 2.24) is 15.2 Å². The van der Waals surface area contributed by atoms with Gasteiger partial charge in [-0.3, -0.25) is 14.4 Å². The minimum atomic E-state index is -0.920. The largest absolute Gasteiger partial charge is 0.358 e. The number of carbonyl (C=O) groups is 3. The number of fused-ring (bicyclic) bond motifs is 4. The molecule has 0 aliphatic carbocycles. The van der Waals surface area contributed by atoms with E-state index in [1.165, 1.54) is 0 Å². The normalized spacial score (nSPS) is 18.3. The average Bonchev–Trinajstić information content (AvgIpc) is 3.04. The van der Waals surface area contributed by atoms with Crippen LogP contribution in [0.25, 0.3) is 10.9 Å². The molecule has 152 valence electrons. The number of para-hydroxylation sites is 1. The van der Waals surface area contributed by atoms with Gasteiger partial charge < -0.3 is 20.5 Å². The van der Waals surface area contributed by atoms with Crippen LogP contribution in [0.1, 0.15) is 28.0 Å². The number of aromatic nitrogens is 1. The molecule has 3 heterocycles. The molecule has 1 atom stereocenters. The third-order valence-corrected chi connectivity index (χ3v) is 5.96. The highest BCUT2D eigenvalue weighted by Crippen LogP contribution is 2.30. The molecule has 3 aromatic rings. The Morgan fingerprint density at radius 2 is 2.00 bits per heavy atom. The Balaban J connectivity index is 1.34. The maximum atomic E-state index is 13.0. The molecule has 2 aliphatic heterocycles. The van der Waals surface area contributed by atoms with E-state index in [2.05, 4.69) is 15.6 Å². The first-order chi connectivity index (χ1) is 14.5. The van der Waals surface area contributed by atoms with Crippen molar-refractivity contribution in [1.29, 1.82) is 0 Å². The first-order valence-electron chi connectivity index (χ1n) is 9.77. The van der Waals surface area contributed by atoms with Crippen molar-refractivity contribution in [2.24, 2.45) is 0 Å². The van der Waals surface area contributed by atoms with Gasteiger partial charge in [0.25, 0.3) is 5.91 Å². The number of halogens is 1. The standard InChI is InChI=1S/C22H19ClN4O3/c23-12-5-6-17-14(9-12)15-11-27(8-7-18(15)24-17)20(28)10-19-22(30)25-16-4-2-1-3-13(16)21(29)26-19/h1-6,9,19,24H,7-8,10-11H2,(H,25,30)(H,26,29). The van der Waals surface area contributed by atoms with Crippen molar-refractivity contribution in [2.45, 2.75) is 25.4 Å². The number of nitrogens with one attached hydrogen (secondary N) is 3. The minimum absolute atomic E-state index is 0.0932. The Labute approximate surface area is 177 Å². The number of hydrogen-bond donors (Lipinski definition) is 3. The summed E-state index contributed by atoms with van der Waals surface area (Å²) in [7, 11) is 0. The van der Waals surface area contributed by atoms with Gasteiger partial charge in [0.05, 0.1) is 17.7 Å². The molecule has 8 heteroatoms. The van der Waals surface area contributed by atoms with Crippen molar-refractivity contribution in [3.05, 3.63) is 64.3 Å². The van der Waals surface area contributed by atoms with E-state index in [0.29, 0.717) is 35.8 Å². The van der Waals surface area contributed by atoms with E-state index in [-0.39, 0.29) is 18.2 Å². The molecule has 3 N–H and O–H groups in total. The van der Waals surface area contributed by atoms with Crippen LogP contribution in [-0.2, 0) is 22.6 Å². The average molecular weight is 423 g/mol. The number of carbonyl (C=O) groups excluding carboxylic acids is 3. The summed E-state index contributed by atoms with van der Waals surface area (Å²) >= 11 is 6.15. The molecule has 0 fully saturated rings. The van der Waals surface area contributed by atoms with E-state index >= 15 is 0 Å². The molecule has 1 unspecified atom stereocenters. The number of H-pyrrole nitrogens is 1. The minimum Gasteiger partial charge on any atom is -0.358 e. The van der Waals surface area contributed by atoms with Gasteiger partial charge in [-0.2, -0.15) is 0 Å². The van der Waals surface area contributed by atoms with Crippen molar-refractivity contribution >= 4 is 45.9 Å². The number of rotatable bonds is 2. The first kappa shape index (κ1) is 18.7. The topological polar surface area (TPSA) is 94.3 Å². The first-order valence-corrected chi connectivity index (χ1v) is 10.1. The number of benzene rings is 2. The van der Waals surface area contributed by atoms with E-state index in [1.807, 2.05) is 18.2 Å². The molecule has 0 saturated heterocycles. The van der Waals surface area contributed by atoms with Crippen molar-refractivity contribution in [3.63, 3.8) is 0 Å². The quantitative estimate of drug-likeness (QED) is 0.592. The van der Waals surface area contributed by atoms with Crippen LogP contribution in [0.2, 0.25) is 5.02 Å². The molecular weight excluding hydrogens is 404 g/mol. The lowest BCUT2D eigenvalue weighted by molar-refractivity contribution is -0.134. The van der Waals surface area contributed by atoms with E-state index in [9.17, 15) is 14.4 Å². The monoisotopic (exact) mass is 422 g/mol. The summed E-state index contributed by atoms with van der Waals surface area (Å²) in [5, 5.41) is 7.07. The molecule has 30 heavy (non-hydrogen) atoms. The molecule has 0 radical (unpaired) electrons. The molecule has 2 aliphatic rings. The van der Waals surface area contributed by atoms with Crippen LogP contribution in [0.15, 0.2) is 42.5 Å². The Morgan fingerprint density at radius 3 is 2.87 bits per heavy atom. The molecular formula is C22H19ClN4O3. The molecule has 1 aromatic heterocycles. The van der Waals surface area contributed by atoms with Gasteiger partial charge in [-0.15, -0.1) is 0 Å². The van der Waals surface area contributed by atoms with Gasteiger partial charge in [0.15, 0.2) is 0 Å². The van der Waals surface area contributed by atoms with E-state index in [4.69, 9.17) is 11.6 Å². The van der Waals surface area contributed by atoms with E-state index < -0.39 is 11.9 Å². The molecule has 2 aromatic carbocycles. The summed E-state index contributed by atoms with van der Waals surface area (Å²) in [5.41, 5.74) is 3.99. The van der Waals surface area contributed by atoms with Gasteiger partial charge in [0.2, 0.25) is 11.8 Å². The lowest BCUT2D eigenvalue weighted by atomic mass is 10.0. The van der Waals surface area contributed by atoms with Crippen molar-refractivity contribution < 1.29 is 14.4 Å². The zero-order valence-electron chi connectivity index (χ0n) is 16.0. The zero-order valence-corrected chi connectivity index (χ0v) is 16.8. The Bertz CT molecular complexity index is 1200. The number of nitrogens with zero attached hydrogens (tertiary/aromatic N) is 1. The zero-order chi connectivity index (χ0) is 20.8. The highest BCUT2D eigenvalue weighted by Gasteiger charge is 2.32. The second kappa shape index (κ2) is 7.18. The van der Waals surface area contributed by atoms with Crippen LogP contribution in [0.3, 0.4) is 0 Å². The molecule has 0 saturated carbocycles. The maximum absolute atomic E-state index is 13.0. The smallest absolute Gasteiger partial charge is 0.254 e.